The van der Waals surface area contributed by atoms with Crippen LogP contribution < -0.4 is 11.1 Å². The molecular weight excluding hydrogens is 392 g/mol. The van der Waals surface area contributed by atoms with Crippen molar-refractivity contribution in [2.24, 2.45) is 5.73 Å². The second-order valence-corrected chi connectivity index (χ2v) is 7.11. The van der Waals surface area contributed by atoms with E-state index in [2.05, 4.69) is 0 Å². The first kappa shape index (κ1) is 21.7. The number of carbonyl (C=O) groups is 2. The maximum Gasteiger partial charge on any atom is 0.407 e. The van der Waals surface area contributed by atoms with Gasteiger partial charge in [0.2, 0.25) is 0 Å². The van der Waals surface area contributed by atoms with Gasteiger partial charge in [0.1, 0.15) is 12.7 Å². The van der Waals surface area contributed by atoms with E-state index in [1.165, 1.54) is 0 Å². The van der Waals surface area contributed by atoms with Gasteiger partial charge < -0.3 is 36.2 Å². The number of fused-ring (bicyclic) bond motifs is 3. The summed E-state index contributed by atoms with van der Waals surface area (Å²) in [5.74, 6) is -1.80. The third-order valence-electron chi connectivity index (χ3n) is 5.22. The number of aliphatic hydroxyl groups excluding tert-OH is 3. The zero-order chi connectivity index (χ0) is 21.8. The summed E-state index contributed by atoms with van der Waals surface area (Å²) in [6, 6.07) is 12.3. The van der Waals surface area contributed by atoms with Crippen LogP contribution in [0.3, 0.4) is 0 Å². The summed E-state index contributed by atoms with van der Waals surface area (Å²) in [5.41, 5.74) is 9.49. The number of carbonyl (C=O) groups excluding carboxylic acids is 1. The van der Waals surface area contributed by atoms with Gasteiger partial charge in [-0.1, -0.05) is 48.5 Å². The molecule has 3 rings (SSSR count). The first-order valence-electron chi connectivity index (χ1n) is 9.42. The van der Waals surface area contributed by atoms with Crippen LogP contribution in [0.4, 0.5) is 4.79 Å². The standard InChI is InChI=1S/C21H24N2O7/c22-16(9-24)18(25)19(26)17(20(27)28)23-21(29)30-10-15-13-7-3-1-5-11(13)12-6-2-4-8-14(12)15/h1-8,15-19,24-26H,9-10,22H2,(H,23,29)(H,27,28)/t16-,17+,18-,19-/m1/s1. The summed E-state index contributed by atoms with van der Waals surface area (Å²) in [7, 11) is 0. The number of benzene rings is 2. The summed E-state index contributed by atoms with van der Waals surface area (Å²) < 4.78 is 5.25. The van der Waals surface area contributed by atoms with Crippen molar-refractivity contribution in [1.82, 2.24) is 5.32 Å². The molecule has 9 nitrogen and oxygen atoms in total. The number of hydrogen-bond donors (Lipinski definition) is 6. The number of nitrogens with two attached hydrogens (primary N) is 1. The molecule has 0 saturated carbocycles. The Hall–Kier alpha value is -2.98. The number of carboxylic acids is 1. The van der Waals surface area contributed by atoms with Gasteiger partial charge in [0, 0.05) is 5.92 Å². The number of nitrogens with one attached hydrogen (secondary N) is 1. The van der Waals surface area contributed by atoms with Crippen molar-refractivity contribution in [1.29, 1.82) is 0 Å². The molecule has 4 atom stereocenters. The Bertz CT molecular complexity index is 874. The molecule has 0 bridgehead atoms. The lowest BCUT2D eigenvalue weighted by Gasteiger charge is -2.27. The van der Waals surface area contributed by atoms with Crippen molar-refractivity contribution in [2.75, 3.05) is 13.2 Å². The molecule has 0 saturated heterocycles. The lowest BCUT2D eigenvalue weighted by Crippen LogP contribution is -2.58. The zero-order valence-corrected chi connectivity index (χ0v) is 16.0. The Morgan fingerprint density at radius 3 is 2.03 bits per heavy atom. The molecule has 0 fully saturated rings. The van der Waals surface area contributed by atoms with Gasteiger partial charge in [0.15, 0.2) is 6.04 Å². The predicted molar refractivity (Wildman–Crippen MR) is 107 cm³/mol. The Labute approximate surface area is 172 Å². The molecule has 2 aromatic rings. The highest BCUT2D eigenvalue weighted by molar-refractivity contribution is 5.81. The van der Waals surface area contributed by atoms with Gasteiger partial charge in [-0.25, -0.2) is 9.59 Å². The topological polar surface area (TPSA) is 162 Å². The normalized spacial score (nSPS) is 16.7. The summed E-state index contributed by atoms with van der Waals surface area (Å²) in [5, 5.41) is 40.2. The molecular formula is C21H24N2O7. The van der Waals surface area contributed by atoms with Gasteiger partial charge in [-0.2, -0.15) is 0 Å². The zero-order valence-electron chi connectivity index (χ0n) is 16.0. The molecule has 2 aromatic carbocycles. The number of rotatable bonds is 8. The number of aliphatic carboxylic acids is 1. The molecule has 0 radical (unpaired) electrons. The van der Waals surface area contributed by atoms with E-state index in [0.717, 1.165) is 22.3 Å². The van der Waals surface area contributed by atoms with Crippen molar-refractivity contribution in [2.45, 2.75) is 30.2 Å². The fourth-order valence-electron chi connectivity index (χ4n) is 3.62. The molecule has 9 heteroatoms. The average Bonchev–Trinajstić information content (AvgIpc) is 3.08. The minimum Gasteiger partial charge on any atom is -0.480 e. The first-order chi connectivity index (χ1) is 14.3. The SMILES string of the molecule is N[C@H](CO)[C@@H](O)[C@H](O)[C@H](NC(=O)OCC1c2ccccc2-c2ccccc21)C(=O)O. The van der Waals surface area contributed by atoms with E-state index in [0.29, 0.717) is 0 Å². The van der Waals surface area contributed by atoms with Crippen molar-refractivity contribution < 1.29 is 34.8 Å². The van der Waals surface area contributed by atoms with E-state index in [-0.39, 0.29) is 12.5 Å². The highest BCUT2D eigenvalue weighted by Gasteiger charge is 2.37. The molecule has 0 aromatic heterocycles. The fourth-order valence-corrected chi connectivity index (χ4v) is 3.62. The number of hydrogen-bond acceptors (Lipinski definition) is 7. The molecule has 0 unspecified atom stereocenters. The lowest BCUT2D eigenvalue weighted by molar-refractivity contribution is -0.145. The van der Waals surface area contributed by atoms with Crippen LogP contribution in [-0.4, -0.2) is 70.0 Å². The second kappa shape index (κ2) is 9.23. The quantitative estimate of drug-likeness (QED) is 0.351. The molecule has 0 aliphatic heterocycles. The molecule has 160 valence electrons. The van der Waals surface area contributed by atoms with Crippen molar-refractivity contribution in [3.05, 3.63) is 59.7 Å². The molecule has 1 aliphatic carbocycles. The van der Waals surface area contributed by atoms with E-state index in [1.54, 1.807) is 0 Å². The predicted octanol–water partition coefficient (Wildman–Crippen LogP) is 0.0197. The van der Waals surface area contributed by atoms with Gasteiger partial charge in [-0.3, -0.25) is 0 Å². The highest BCUT2D eigenvalue weighted by atomic mass is 16.5. The molecule has 7 N–H and O–H groups in total. The molecule has 1 amide bonds. The Kier molecular flexibility index (Phi) is 6.68. The van der Waals surface area contributed by atoms with Crippen molar-refractivity contribution >= 4 is 12.1 Å². The summed E-state index contributed by atoms with van der Waals surface area (Å²) in [6.07, 6.45) is -4.76. The minimum absolute atomic E-state index is 0.0407. The van der Waals surface area contributed by atoms with E-state index in [9.17, 15) is 24.9 Å². The van der Waals surface area contributed by atoms with Crippen LogP contribution in [-0.2, 0) is 9.53 Å². The van der Waals surface area contributed by atoms with Crippen LogP contribution in [0, 0.1) is 0 Å². The lowest BCUT2D eigenvalue weighted by atomic mass is 9.98. The maximum atomic E-state index is 12.2. The Morgan fingerprint density at radius 2 is 1.53 bits per heavy atom. The van der Waals surface area contributed by atoms with E-state index >= 15 is 0 Å². The van der Waals surface area contributed by atoms with Gasteiger partial charge in [0.05, 0.1) is 18.8 Å². The summed E-state index contributed by atoms with van der Waals surface area (Å²) in [4.78, 5) is 23.7. The maximum absolute atomic E-state index is 12.2. The fraction of sp³-hybridized carbons (Fsp3) is 0.333. The van der Waals surface area contributed by atoms with Gasteiger partial charge >= 0.3 is 12.1 Å². The first-order valence-corrected chi connectivity index (χ1v) is 9.42. The van der Waals surface area contributed by atoms with Crippen LogP contribution >= 0.6 is 0 Å². The largest absolute Gasteiger partial charge is 0.480 e. The number of alkyl carbamates (subject to hydrolysis) is 1. The summed E-state index contributed by atoms with van der Waals surface area (Å²) in [6.45, 7) is -0.712. The number of aliphatic hydroxyl groups is 3. The van der Waals surface area contributed by atoms with Crippen LogP contribution in [0.15, 0.2) is 48.5 Å². The van der Waals surface area contributed by atoms with Gasteiger partial charge in [0.25, 0.3) is 0 Å². The highest BCUT2D eigenvalue weighted by Crippen LogP contribution is 2.44. The van der Waals surface area contributed by atoms with Crippen molar-refractivity contribution in [3.63, 3.8) is 0 Å². The number of amides is 1. The molecule has 1 aliphatic rings. The summed E-state index contributed by atoms with van der Waals surface area (Å²) >= 11 is 0. The smallest absolute Gasteiger partial charge is 0.407 e. The van der Waals surface area contributed by atoms with E-state index in [4.69, 9.17) is 15.6 Å². The van der Waals surface area contributed by atoms with Gasteiger partial charge in [-0.05, 0) is 22.3 Å². The molecule has 0 heterocycles. The van der Waals surface area contributed by atoms with Crippen LogP contribution in [0.5, 0.6) is 0 Å². The third-order valence-corrected chi connectivity index (χ3v) is 5.22. The van der Waals surface area contributed by atoms with Crippen LogP contribution in [0.25, 0.3) is 11.1 Å². The molecule has 0 spiro atoms. The van der Waals surface area contributed by atoms with E-state index in [1.807, 2.05) is 53.8 Å². The van der Waals surface area contributed by atoms with Gasteiger partial charge in [-0.15, -0.1) is 0 Å². The van der Waals surface area contributed by atoms with Crippen LogP contribution in [0.2, 0.25) is 0 Å². The third kappa shape index (κ3) is 4.29. The number of carboxylic acid groups (broad SMARTS) is 1. The van der Waals surface area contributed by atoms with E-state index < -0.39 is 43.0 Å². The Morgan fingerprint density at radius 1 is 1.00 bits per heavy atom. The number of ether oxygens (including phenoxy) is 1. The van der Waals surface area contributed by atoms with Crippen LogP contribution in [0.1, 0.15) is 17.0 Å². The Balaban J connectivity index is 1.69. The second-order valence-electron chi connectivity index (χ2n) is 7.11. The molecule has 30 heavy (non-hydrogen) atoms. The monoisotopic (exact) mass is 416 g/mol. The minimum atomic E-state index is -1.94. The average molecular weight is 416 g/mol. The van der Waals surface area contributed by atoms with Crippen molar-refractivity contribution in [3.8, 4) is 11.1 Å².